The van der Waals surface area contributed by atoms with Crippen LogP contribution in [0.3, 0.4) is 0 Å². The zero-order valence-electron chi connectivity index (χ0n) is 16.6. The first-order valence-electron chi connectivity index (χ1n) is 10.4. The van der Waals surface area contributed by atoms with Gasteiger partial charge in [-0.15, -0.1) is 0 Å². The van der Waals surface area contributed by atoms with E-state index >= 15 is 0 Å². The molecule has 1 fully saturated rings. The molecule has 0 N–H and O–H groups in total. The highest BCUT2D eigenvalue weighted by atomic mass is 35.5. The van der Waals surface area contributed by atoms with Gasteiger partial charge in [0.2, 0.25) is 5.91 Å². The Hall–Kier alpha value is -1.75. The number of rotatable bonds is 6. The van der Waals surface area contributed by atoms with Crippen LogP contribution in [-0.2, 0) is 11.2 Å². The summed E-state index contributed by atoms with van der Waals surface area (Å²) in [6, 6.07) is 14.1. The molecule has 4 nitrogen and oxygen atoms in total. The van der Waals surface area contributed by atoms with Crippen LogP contribution in [0.2, 0.25) is 10.0 Å². The first-order valence-corrected chi connectivity index (χ1v) is 11.2. The smallest absolute Gasteiger partial charge is 0.227 e. The monoisotopic (exact) mass is 431 g/mol. The van der Waals surface area contributed by atoms with Crippen LogP contribution >= 0.6 is 23.2 Å². The van der Waals surface area contributed by atoms with Gasteiger partial charge in [0.25, 0.3) is 0 Å². The van der Waals surface area contributed by atoms with Gasteiger partial charge in [-0.05, 0) is 49.6 Å². The topological polar surface area (TPSA) is 26.8 Å². The number of piperazine rings is 1. The summed E-state index contributed by atoms with van der Waals surface area (Å²) < 4.78 is 0. The van der Waals surface area contributed by atoms with Gasteiger partial charge in [0.1, 0.15) is 0 Å². The summed E-state index contributed by atoms with van der Waals surface area (Å²) in [4.78, 5) is 19.2. The second kappa shape index (κ2) is 9.38. The van der Waals surface area contributed by atoms with E-state index in [-0.39, 0.29) is 5.91 Å². The van der Waals surface area contributed by atoms with Crippen molar-refractivity contribution in [2.24, 2.45) is 0 Å². The third-order valence-electron chi connectivity index (χ3n) is 5.94. The number of carbonyl (C=O) groups excluding carboxylic acids is 1. The maximum Gasteiger partial charge on any atom is 0.227 e. The lowest BCUT2D eigenvalue weighted by molar-refractivity contribution is -0.118. The molecule has 2 aliphatic rings. The summed E-state index contributed by atoms with van der Waals surface area (Å²) in [6.07, 6.45) is 3.63. The van der Waals surface area contributed by atoms with E-state index in [2.05, 4.69) is 28.0 Å². The van der Waals surface area contributed by atoms with E-state index in [0.717, 1.165) is 69.9 Å². The first-order chi connectivity index (χ1) is 14.1. The molecule has 0 unspecified atom stereocenters. The van der Waals surface area contributed by atoms with E-state index < -0.39 is 0 Å². The Morgan fingerprint density at radius 2 is 1.52 bits per heavy atom. The highest BCUT2D eigenvalue weighted by molar-refractivity contribution is 6.43. The molecule has 1 amide bonds. The van der Waals surface area contributed by atoms with Crippen LogP contribution < -0.4 is 9.80 Å². The standard InChI is InChI=1S/C23H27Cl2N3O/c24-19-7-5-9-21(23(19)25)27-16-14-26(15-17-27)12-3-4-13-28-20-8-2-1-6-18(20)10-11-22(28)29/h1-2,5-9H,3-4,10-17H2. The minimum Gasteiger partial charge on any atom is -0.368 e. The van der Waals surface area contributed by atoms with Crippen molar-refractivity contribution in [2.45, 2.75) is 25.7 Å². The molecule has 29 heavy (non-hydrogen) atoms. The number of hydrogen-bond acceptors (Lipinski definition) is 3. The lowest BCUT2D eigenvalue weighted by Crippen LogP contribution is -2.46. The molecule has 0 atom stereocenters. The predicted octanol–water partition coefficient (Wildman–Crippen LogP) is 4.88. The van der Waals surface area contributed by atoms with E-state index in [4.69, 9.17) is 23.2 Å². The Bertz CT molecular complexity index is 865. The predicted molar refractivity (Wildman–Crippen MR) is 121 cm³/mol. The van der Waals surface area contributed by atoms with Crippen molar-refractivity contribution < 1.29 is 4.79 Å². The number of benzene rings is 2. The van der Waals surface area contributed by atoms with E-state index in [1.165, 1.54) is 5.56 Å². The molecule has 2 heterocycles. The quantitative estimate of drug-likeness (QED) is 0.609. The maximum atomic E-state index is 12.4. The molecule has 0 bridgehead atoms. The fourth-order valence-corrected chi connectivity index (χ4v) is 4.71. The van der Waals surface area contributed by atoms with E-state index in [1.54, 1.807) is 0 Å². The van der Waals surface area contributed by atoms with Gasteiger partial charge in [0.05, 0.1) is 15.7 Å². The number of anilines is 2. The third kappa shape index (κ3) is 4.71. The largest absolute Gasteiger partial charge is 0.368 e. The molecule has 0 aromatic heterocycles. The normalized spacial score (nSPS) is 17.5. The fourth-order valence-electron chi connectivity index (χ4n) is 4.30. The number of carbonyl (C=O) groups is 1. The minimum absolute atomic E-state index is 0.260. The number of halogens is 2. The van der Waals surface area contributed by atoms with Crippen molar-refractivity contribution in [2.75, 3.05) is 49.1 Å². The van der Waals surface area contributed by atoms with Gasteiger partial charge >= 0.3 is 0 Å². The number of fused-ring (bicyclic) bond motifs is 1. The average molecular weight is 432 g/mol. The van der Waals surface area contributed by atoms with Crippen molar-refractivity contribution in [3.05, 3.63) is 58.1 Å². The minimum atomic E-state index is 0.260. The lowest BCUT2D eigenvalue weighted by Gasteiger charge is -2.36. The highest BCUT2D eigenvalue weighted by Gasteiger charge is 2.23. The van der Waals surface area contributed by atoms with Crippen LogP contribution in [0, 0.1) is 0 Å². The number of nitrogens with zero attached hydrogens (tertiary/aromatic N) is 3. The summed E-state index contributed by atoms with van der Waals surface area (Å²) >= 11 is 12.5. The van der Waals surface area contributed by atoms with Crippen LogP contribution in [0.4, 0.5) is 11.4 Å². The molecule has 0 saturated carbocycles. The van der Waals surface area contributed by atoms with Gasteiger partial charge in [-0.25, -0.2) is 0 Å². The number of para-hydroxylation sites is 1. The number of aryl methyl sites for hydroxylation is 1. The van der Waals surface area contributed by atoms with Crippen molar-refractivity contribution >= 4 is 40.5 Å². The van der Waals surface area contributed by atoms with E-state index in [1.807, 2.05) is 29.2 Å². The molecule has 154 valence electrons. The summed E-state index contributed by atoms with van der Waals surface area (Å²) in [5.41, 5.74) is 3.43. The molecule has 0 aliphatic carbocycles. The zero-order valence-corrected chi connectivity index (χ0v) is 18.1. The molecule has 1 saturated heterocycles. The van der Waals surface area contributed by atoms with Gasteiger partial charge in [-0.1, -0.05) is 47.5 Å². The Morgan fingerprint density at radius 3 is 2.34 bits per heavy atom. The molecule has 6 heteroatoms. The number of hydrogen-bond donors (Lipinski definition) is 0. The Labute approximate surface area is 183 Å². The van der Waals surface area contributed by atoms with Gasteiger partial charge in [-0.2, -0.15) is 0 Å². The second-order valence-corrected chi connectivity index (χ2v) is 8.57. The fraction of sp³-hybridized carbons (Fsp3) is 0.435. The lowest BCUT2D eigenvalue weighted by atomic mass is 10.0. The molecular weight excluding hydrogens is 405 g/mol. The Balaban J connectivity index is 1.23. The van der Waals surface area contributed by atoms with Gasteiger partial charge < -0.3 is 9.80 Å². The molecule has 0 radical (unpaired) electrons. The van der Waals surface area contributed by atoms with E-state index in [0.29, 0.717) is 16.5 Å². The SMILES string of the molecule is O=C1CCc2ccccc2N1CCCCN1CCN(c2cccc(Cl)c2Cl)CC1. The summed E-state index contributed by atoms with van der Waals surface area (Å²) in [7, 11) is 0. The van der Waals surface area contributed by atoms with Crippen molar-refractivity contribution in [3.8, 4) is 0 Å². The van der Waals surface area contributed by atoms with Gasteiger partial charge in [0, 0.05) is 44.8 Å². The zero-order chi connectivity index (χ0) is 20.2. The summed E-state index contributed by atoms with van der Waals surface area (Å²) in [5.74, 6) is 0.260. The molecule has 0 spiro atoms. The van der Waals surface area contributed by atoms with Crippen LogP contribution in [0.25, 0.3) is 0 Å². The van der Waals surface area contributed by atoms with E-state index in [9.17, 15) is 4.79 Å². The number of amides is 1. The number of unbranched alkanes of at least 4 members (excludes halogenated alkanes) is 1. The first kappa shape index (κ1) is 20.5. The van der Waals surface area contributed by atoms with Crippen LogP contribution in [0.1, 0.15) is 24.8 Å². The Morgan fingerprint density at radius 1 is 0.793 bits per heavy atom. The van der Waals surface area contributed by atoms with Crippen molar-refractivity contribution in [3.63, 3.8) is 0 Å². The van der Waals surface area contributed by atoms with Crippen molar-refractivity contribution in [1.29, 1.82) is 0 Å². The molecule has 4 rings (SSSR count). The summed E-state index contributed by atoms with van der Waals surface area (Å²) in [6.45, 7) is 5.84. The average Bonchev–Trinajstić information content (AvgIpc) is 2.75. The van der Waals surface area contributed by atoms with Crippen LogP contribution in [0.15, 0.2) is 42.5 Å². The maximum absolute atomic E-state index is 12.4. The molecular formula is C23H27Cl2N3O. The van der Waals surface area contributed by atoms with Crippen LogP contribution in [0.5, 0.6) is 0 Å². The van der Waals surface area contributed by atoms with Gasteiger partial charge in [-0.3, -0.25) is 9.69 Å². The molecule has 2 aromatic carbocycles. The second-order valence-electron chi connectivity index (χ2n) is 7.78. The Kier molecular flexibility index (Phi) is 6.63. The highest BCUT2D eigenvalue weighted by Crippen LogP contribution is 2.33. The molecule has 2 aromatic rings. The van der Waals surface area contributed by atoms with Crippen molar-refractivity contribution in [1.82, 2.24) is 4.90 Å². The van der Waals surface area contributed by atoms with Crippen LogP contribution in [-0.4, -0.2) is 50.1 Å². The van der Waals surface area contributed by atoms with Gasteiger partial charge in [0.15, 0.2) is 0 Å². The third-order valence-corrected chi connectivity index (χ3v) is 6.75. The summed E-state index contributed by atoms with van der Waals surface area (Å²) in [5, 5.41) is 1.26. The molecule has 2 aliphatic heterocycles.